The largest absolute Gasteiger partial charge is 0.463 e. The highest BCUT2D eigenvalue weighted by Crippen LogP contribution is 2.22. The van der Waals surface area contributed by atoms with E-state index in [2.05, 4.69) is 9.97 Å². The Morgan fingerprint density at radius 3 is 2.96 bits per heavy atom. The summed E-state index contributed by atoms with van der Waals surface area (Å²) in [6, 6.07) is 1.89. The number of nitrogens with zero attached hydrogens (tertiary/aromatic N) is 3. The molecule has 7 heteroatoms. The molecule has 0 spiro atoms. The van der Waals surface area contributed by atoms with Crippen molar-refractivity contribution in [3.05, 3.63) is 17.4 Å². The fraction of sp³-hybridized carbons (Fsp3) is 0.688. The third kappa shape index (κ3) is 6.22. The quantitative estimate of drug-likeness (QED) is 0.784. The van der Waals surface area contributed by atoms with Gasteiger partial charge in [0.05, 0.1) is 6.61 Å². The lowest BCUT2D eigenvalue weighted by Gasteiger charge is -2.34. The van der Waals surface area contributed by atoms with Crippen molar-refractivity contribution in [2.75, 3.05) is 19.7 Å². The maximum atomic E-state index is 12.1. The molecule has 1 aliphatic heterocycles. The Labute approximate surface area is 142 Å². The number of piperidine rings is 1. The summed E-state index contributed by atoms with van der Waals surface area (Å²) in [5, 5.41) is 0.365. The van der Waals surface area contributed by atoms with Crippen molar-refractivity contribution in [3.63, 3.8) is 0 Å². The van der Waals surface area contributed by atoms with Crippen LogP contribution in [0.15, 0.2) is 12.3 Å². The minimum absolute atomic E-state index is 0.235. The average Bonchev–Trinajstić information content (AvgIpc) is 2.46. The van der Waals surface area contributed by atoms with Crippen LogP contribution in [0.3, 0.4) is 0 Å². The SMILES string of the molecule is CC(C)(C)OC(=O)N1CCC[C@H](CCOc2nccc(Cl)n2)C1. The Morgan fingerprint density at radius 1 is 1.48 bits per heavy atom. The molecule has 1 fully saturated rings. The first kappa shape index (κ1) is 17.8. The van der Waals surface area contributed by atoms with Crippen LogP contribution in [-0.2, 0) is 4.74 Å². The third-order valence-electron chi connectivity index (χ3n) is 3.53. The number of amides is 1. The smallest absolute Gasteiger partial charge is 0.410 e. The highest BCUT2D eigenvalue weighted by atomic mass is 35.5. The minimum atomic E-state index is -0.461. The molecule has 128 valence electrons. The zero-order valence-electron chi connectivity index (χ0n) is 13.9. The van der Waals surface area contributed by atoms with Crippen LogP contribution < -0.4 is 4.74 Å². The normalized spacial score (nSPS) is 18.6. The molecule has 0 unspecified atom stereocenters. The molecular formula is C16H24ClN3O3. The molecular weight excluding hydrogens is 318 g/mol. The van der Waals surface area contributed by atoms with Crippen molar-refractivity contribution in [3.8, 4) is 6.01 Å². The van der Waals surface area contributed by atoms with Gasteiger partial charge in [0.15, 0.2) is 0 Å². The fourth-order valence-electron chi connectivity index (χ4n) is 2.50. The van der Waals surface area contributed by atoms with Gasteiger partial charge in [0.1, 0.15) is 10.8 Å². The van der Waals surface area contributed by atoms with Crippen LogP contribution in [0, 0.1) is 5.92 Å². The maximum Gasteiger partial charge on any atom is 0.410 e. The highest BCUT2D eigenvalue weighted by molar-refractivity contribution is 6.29. The summed E-state index contributed by atoms with van der Waals surface area (Å²) in [6.45, 7) is 7.60. The van der Waals surface area contributed by atoms with Gasteiger partial charge >= 0.3 is 12.1 Å². The summed E-state index contributed by atoms with van der Waals surface area (Å²) in [4.78, 5) is 21.9. The van der Waals surface area contributed by atoms with Crippen molar-refractivity contribution in [1.82, 2.24) is 14.9 Å². The van der Waals surface area contributed by atoms with Gasteiger partial charge in [-0.2, -0.15) is 4.98 Å². The Morgan fingerprint density at radius 2 is 2.26 bits per heavy atom. The van der Waals surface area contributed by atoms with Gasteiger partial charge in [-0.05, 0) is 52.0 Å². The number of carbonyl (C=O) groups excluding carboxylic acids is 1. The van der Waals surface area contributed by atoms with E-state index in [1.54, 1.807) is 17.2 Å². The van der Waals surface area contributed by atoms with Crippen molar-refractivity contribution in [1.29, 1.82) is 0 Å². The lowest BCUT2D eigenvalue weighted by Crippen LogP contribution is -2.43. The van der Waals surface area contributed by atoms with Gasteiger partial charge in [-0.3, -0.25) is 0 Å². The van der Waals surface area contributed by atoms with Crippen molar-refractivity contribution >= 4 is 17.7 Å². The van der Waals surface area contributed by atoms with E-state index in [-0.39, 0.29) is 12.1 Å². The summed E-state index contributed by atoms with van der Waals surface area (Å²) in [5.74, 6) is 0.399. The predicted octanol–water partition coefficient (Wildman–Crippen LogP) is 3.55. The zero-order valence-corrected chi connectivity index (χ0v) is 14.7. The number of likely N-dealkylation sites (tertiary alicyclic amines) is 1. The molecule has 0 aliphatic carbocycles. The fourth-order valence-corrected chi connectivity index (χ4v) is 2.63. The van der Waals surface area contributed by atoms with Crippen molar-refractivity contribution in [2.45, 2.75) is 45.6 Å². The van der Waals surface area contributed by atoms with E-state index in [1.165, 1.54) is 0 Å². The van der Waals surface area contributed by atoms with E-state index in [0.29, 0.717) is 24.2 Å². The second-order valence-corrected chi connectivity index (χ2v) is 7.12. The van der Waals surface area contributed by atoms with Gasteiger partial charge in [0, 0.05) is 19.3 Å². The van der Waals surface area contributed by atoms with Crippen LogP contribution in [-0.4, -0.2) is 46.3 Å². The third-order valence-corrected chi connectivity index (χ3v) is 3.74. The van der Waals surface area contributed by atoms with Gasteiger partial charge in [0.25, 0.3) is 0 Å². The number of aromatic nitrogens is 2. The lowest BCUT2D eigenvalue weighted by molar-refractivity contribution is 0.0154. The zero-order chi connectivity index (χ0) is 16.9. The van der Waals surface area contributed by atoms with Crippen molar-refractivity contribution < 1.29 is 14.3 Å². The Kier molecular flexibility index (Phi) is 6.04. The number of halogens is 1. The summed E-state index contributed by atoms with van der Waals surface area (Å²) in [6.07, 6.45) is 4.24. The van der Waals surface area contributed by atoms with Gasteiger partial charge in [0.2, 0.25) is 0 Å². The molecule has 6 nitrogen and oxygen atoms in total. The summed E-state index contributed by atoms with van der Waals surface area (Å²) in [7, 11) is 0. The molecule has 0 radical (unpaired) electrons. The summed E-state index contributed by atoms with van der Waals surface area (Å²) in [5.41, 5.74) is -0.461. The minimum Gasteiger partial charge on any atom is -0.463 e. The van der Waals surface area contributed by atoms with Gasteiger partial charge in [-0.1, -0.05) is 11.6 Å². The Bertz CT molecular complexity index is 534. The number of rotatable bonds is 4. The molecule has 0 N–H and O–H groups in total. The van der Waals surface area contributed by atoms with Crippen LogP contribution in [0.25, 0.3) is 0 Å². The topological polar surface area (TPSA) is 64.5 Å². The first-order chi connectivity index (χ1) is 10.8. The number of carbonyl (C=O) groups is 1. The molecule has 0 bridgehead atoms. The summed E-state index contributed by atoms with van der Waals surface area (Å²) >= 11 is 5.79. The van der Waals surface area contributed by atoms with E-state index in [4.69, 9.17) is 21.1 Å². The van der Waals surface area contributed by atoms with Gasteiger partial charge in [-0.25, -0.2) is 9.78 Å². The Balaban J connectivity index is 1.76. The molecule has 1 amide bonds. The molecule has 1 aromatic rings. The molecule has 0 aromatic carbocycles. The Hall–Kier alpha value is -1.56. The molecule has 1 atom stereocenters. The number of hydrogen-bond acceptors (Lipinski definition) is 5. The van der Waals surface area contributed by atoms with E-state index in [9.17, 15) is 4.79 Å². The predicted molar refractivity (Wildman–Crippen MR) is 87.7 cm³/mol. The van der Waals surface area contributed by atoms with Crippen LogP contribution in [0.4, 0.5) is 4.79 Å². The standard InChI is InChI=1S/C16H24ClN3O3/c1-16(2,3)23-15(21)20-9-4-5-12(11-20)7-10-22-14-18-8-6-13(17)19-14/h6,8,12H,4-5,7,9-11H2,1-3H3/t12-/m1/s1. The monoisotopic (exact) mass is 341 g/mol. The van der Waals surface area contributed by atoms with Crippen LogP contribution in [0.5, 0.6) is 6.01 Å². The van der Waals surface area contributed by atoms with Crippen LogP contribution >= 0.6 is 11.6 Å². The first-order valence-electron chi connectivity index (χ1n) is 7.93. The molecule has 0 saturated carbocycles. The molecule has 2 rings (SSSR count). The highest BCUT2D eigenvalue weighted by Gasteiger charge is 2.27. The molecule has 23 heavy (non-hydrogen) atoms. The van der Waals surface area contributed by atoms with Crippen LogP contribution in [0.2, 0.25) is 5.15 Å². The summed E-state index contributed by atoms with van der Waals surface area (Å²) < 4.78 is 11.0. The second kappa shape index (κ2) is 7.81. The van der Waals surface area contributed by atoms with Crippen molar-refractivity contribution in [2.24, 2.45) is 5.92 Å². The average molecular weight is 342 g/mol. The number of ether oxygens (including phenoxy) is 2. The van der Waals surface area contributed by atoms with E-state index < -0.39 is 5.60 Å². The second-order valence-electron chi connectivity index (χ2n) is 6.73. The van der Waals surface area contributed by atoms with E-state index in [1.807, 2.05) is 20.8 Å². The van der Waals surface area contributed by atoms with E-state index in [0.717, 1.165) is 25.8 Å². The maximum absolute atomic E-state index is 12.1. The molecule has 1 saturated heterocycles. The number of hydrogen-bond donors (Lipinski definition) is 0. The molecule has 2 heterocycles. The molecule has 1 aliphatic rings. The van der Waals surface area contributed by atoms with Gasteiger partial charge in [-0.15, -0.1) is 0 Å². The van der Waals surface area contributed by atoms with E-state index >= 15 is 0 Å². The first-order valence-corrected chi connectivity index (χ1v) is 8.30. The van der Waals surface area contributed by atoms with Crippen LogP contribution in [0.1, 0.15) is 40.0 Å². The molecule has 1 aromatic heterocycles. The lowest BCUT2D eigenvalue weighted by atomic mass is 9.95. The van der Waals surface area contributed by atoms with Gasteiger partial charge < -0.3 is 14.4 Å².